The number of furan rings is 1. The molecule has 33 heavy (non-hydrogen) atoms. The van der Waals surface area contributed by atoms with Gasteiger partial charge in [0.2, 0.25) is 11.7 Å². The van der Waals surface area contributed by atoms with Crippen LogP contribution < -0.4 is 14.8 Å². The zero-order valence-electron chi connectivity index (χ0n) is 17.9. The summed E-state index contributed by atoms with van der Waals surface area (Å²) in [6.45, 7) is 0.538. The quantitative estimate of drug-likeness (QED) is 0.335. The van der Waals surface area contributed by atoms with Crippen LogP contribution in [0.15, 0.2) is 70.4 Å². The van der Waals surface area contributed by atoms with Gasteiger partial charge in [0.15, 0.2) is 10.9 Å². The molecule has 8 nitrogen and oxygen atoms in total. The van der Waals surface area contributed by atoms with Crippen LogP contribution in [-0.2, 0) is 11.3 Å². The van der Waals surface area contributed by atoms with Crippen molar-refractivity contribution in [2.75, 3.05) is 25.3 Å². The molecular formula is C23H21ClN4O4S. The zero-order chi connectivity index (χ0) is 23.2. The molecule has 1 amide bonds. The van der Waals surface area contributed by atoms with Gasteiger partial charge in [-0.05, 0) is 17.7 Å². The second-order valence-electron chi connectivity index (χ2n) is 6.88. The number of anilines is 1. The van der Waals surface area contributed by atoms with E-state index in [2.05, 4.69) is 15.5 Å². The molecule has 10 heteroatoms. The van der Waals surface area contributed by atoms with Gasteiger partial charge in [-0.25, -0.2) is 0 Å². The van der Waals surface area contributed by atoms with Gasteiger partial charge in [0.1, 0.15) is 11.5 Å². The molecule has 0 aliphatic rings. The van der Waals surface area contributed by atoms with Gasteiger partial charge < -0.3 is 19.2 Å². The van der Waals surface area contributed by atoms with E-state index in [4.69, 9.17) is 25.5 Å². The lowest BCUT2D eigenvalue weighted by Gasteiger charge is -2.13. The Morgan fingerprint density at radius 3 is 2.58 bits per heavy atom. The maximum Gasteiger partial charge on any atom is 0.234 e. The predicted molar refractivity (Wildman–Crippen MR) is 127 cm³/mol. The third kappa shape index (κ3) is 5.32. The Morgan fingerprint density at radius 1 is 1.09 bits per heavy atom. The smallest absolute Gasteiger partial charge is 0.234 e. The topological polar surface area (TPSA) is 91.4 Å². The van der Waals surface area contributed by atoms with Crippen LogP contribution in [0.1, 0.15) is 5.56 Å². The number of nitrogens with one attached hydrogen (secondary N) is 1. The molecule has 0 atom stereocenters. The summed E-state index contributed by atoms with van der Waals surface area (Å²) in [4.78, 5) is 12.7. The molecule has 0 unspecified atom stereocenters. The Labute approximate surface area is 199 Å². The number of carbonyl (C=O) groups excluding carboxylic acids is 1. The summed E-state index contributed by atoms with van der Waals surface area (Å²) >= 11 is 7.41. The van der Waals surface area contributed by atoms with Gasteiger partial charge in [0.05, 0.1) is 43.5 Å². The first-order valence-electron chi connectivity index (χ1n) is 9.94. The molecule has 2 aromatic heterocycles. The first-order chi connectivity index (χ1) is 16.1. The van der Waals surface area contributed by atoms with Crippen molar-refractivity contribution in [3.63, 3.8) is 0 Å². The lowest BCUT2D eigenvalue weighted by atomic mass is 10.2. The Kier molecular flexibility index (Phi) is 7.21. The molecule has 0 aliphatic heterocycles. The van der Waals surface area contributed by atoms with Crippen molar-refractivity contribution in [1.29, 1.82) is 0 Å². The van der Waals surface area contributed by atoms with Gasteiger partial charge >= 0.3 is 0 Å². The summed E-state index contributed by atoms with van der Waals surface area (Å²) in [5.41, 5.74) is 1.54. The van der Waals surface area contributed by atoms with Gasteiger partial charge in [-0.3, -0.25) is 9.36 Å². The number of ether oxygens (including phenoxy) is 2. The Bertz CT molecular complexity index is 1230. The van der Waals surface area contributed by atoms with Gasteiger partial charge in [0, 0.05) is 12.1 Å². The van der Waals surface area contributed by atoms with Gasteiger partial charge in [-0.1, -0.05) is 53.7 Å². The number of halogens is 1. The Balaban J connectivity index is 1.52. The Hall–Kier alpha value is -3.43. The van der Waals surface area contributed by atoms with E-state index in [0.29, 0.717) is 45.5 Å². The van der Waals surface area contributed by atoms with Crippen LogP contribution in [0.2, 0.25) is 5.02 Å². The summed E-state index contributed by atoms with van der Waals surface area (Å²) in [5.74, 6) is 1.94. The lowest BCUT2D eigenvalue weighted by Crippen LogP contribution is -2.15. The lowest BCUT2D eigenvalue weighted by molar-refractivity contribution is -0.113. The zero-order valence-corrected chi connectivity index (χ0v) is 19.5. The molecule has 0 radical (unpaired) electrons. The van der Waals surface area contributed by atoms with Crippen LogP contribution in [0.3, 0.4) is 0 Å². The highest BCUT2D eigenvalue weighted by atomic mass is 35.5. The highest BCUT2D eigenvalue weighted by Gasteiger charge is 2.19. The number of hydrogen-bond acceptors (Lipinski definition) is 7. The summed E-state index contributed by atoms with van der Waals surface area (Å²) in [7, 11) is 3.01. The monoisotopic (exact) mass is 484 g/mol. The van der Waals surface area contributed by atoms with E-state index in [-0.39, 0.29) is 11.7 Å². The second kappa shape index (κ2) is 10.5. The SMILES string of the molecule is COc1cc(NC(=O)CSc2nnc(-c3ccco3)n2Cc2ccccc2)c(OC)cc1Cl. The molecule has 170 valence electrons. The minimum atomic E-state index is -0.239. The number of carbonyl (C=O) groups is 1. The van der Waals surface area contributed by atoms with E-state index in [9.17, 15) is 4.79 Å². The molecule has 1 N–H and O–H groups in total. The fraction of sp³-hybridized carbons (Fsp3) is 0.174. The highest BCUT2D eigenvalue weighted by molar-refractivity contribution is 7.99. The standard InChI is InChI=1S/C23H21ClN4O4S/c1-30-19-12-17(20(31-2)11-16(19)24)25-21(29)14-33-23-27-26-22(18-9-6-10-32-18)28(23)13-15-7-4-3-5-8-15/h3-12H,13-14H2,1-2H3,(H,25,29). The number of methoxy groups -OCH3 is 2. The van der Waals surface area contributed by atoms with Crippen LogP contribution in [-0.4, -0.2) is 40.6 Å². The third-order valence-electron chi connectivity index (χ3n) is 4.72. The molecule has 4 rings (SSSR count). The average Bonchev–Trinajstić information content (AvgIpc) is 3.49. The fourth-order valence-corrected chi connectivity index (χ4v) is 4.14. The number of rotatable bonds is 9. The van der Waals surface area contributed by atoms with Gasteiger partial charge in [-0.2, -0.15) is 0 Å². The summed E-state index contributed by atoms with van der Waals surface area (Å²) in [6, 6.07) is 16.8. The van der Waals surface area contributed by atoms with Gasteiger partial charge in [-0.15, -0.1) is 10.2 Å². The molecule has 2 aromatic carbocycles. The van der Waals surface area contributed by atoms with E-state index < -0.39 is 0 Å². The molecule has 0 spiro atoms. The number of aromatic nitrogens is 3. The number of nitrogens with zero attached hydrogens (tertiary/aromatic N) is 3. The minimum Gasteiger partial charge on any atom is -0.495 e. The van der Waals surface area contributed by atoms with Crippen LogP contribution in [0.4, 0.5) is 5.69 Å². The van der Waals surface area contributed by atoms with Crippen molar-refractivity contribution >= 4 is 35.0 Å². The third-order valence-corrected chi connectivity index (χ3v) is 5.98. The van der Waals surface area contributed by atoms with Crippen LogP contribution in [0.5, 0.6) is 11.5 Å². The van der Waals surface area contributed by atoms with E-state index in [1.54, 1.807) is 24.5 Å². The summed E-state index contributed by atoms with van der Waals surface area (Å²) < 4.78 is 18.0. The second-order valence-corrected chi connectivity index (χ2v) is 8.23. The van der Waals surface area contributed by atoms with Crippen molar-refractivity contribution in [3.8, 4) is 23.1 Å². The van der Waals surface area contributed by atoms with Crippen LogP contribution >= 0.6 is 23.4 Å². The van der Waals surface area contributed by atoms with E-state index in [0.717, 1.165) is 5.56 Å². The predicted octanol–water partition coefficient (Wildman–Crippen LogP) is 4.99. The van der Waals surface area contributed by atoms with Gasteiger partial charge in [0.25, 0.3) is 0 Å². The largest absolute Gasteiger partial charge is 0.495 e. The van der Waals surface area contributed by atoms with Crippen molar-refractivity contribution in [3.05, 3.63) is 71.4 Å². The fourth-order valence-electron chi connectivity index (χ4n) is 3.17. The highest BCUT2D eigenvalue weighted by Crippen LogP contribution is 2.36. The maximum atomic E-state index is 12.7. The molecule has 0 fully saturated rings. The first-order valence-corrected chi connectivity index (χ1v) is 11.3. The molecular weight excluding hydrogens is 464 g/mol. The average molecular weight is 485 g/mol. The van der Waals surface area contributed by atoms with E-state index >= 15 is 0 Å². The number of amides is 1. The first kappa shape index (κ1) is 22.8. The van der Waals surface area contributed by atoms with Crippen LogP contribution in [0, 0.1) is 0 Å². The Morgan fingerprint density at radius 2 is 1.88 bits per heavy atom. The normalized spacial score (nSPS) is 10.8. The van der Waals surface area contributed by atoms with Crippen molar-refractivity contribution in [2.45, 2.75) is 11.7 Å². The number of benzene rings is 2. The van der Waals surface area contributed by atoms with E-state index in [1.807, 2.05) is 41.0 Å². The van der Waals surface area contributed by atoms with E-state index in [1.165, 1.54) is 26.0 Å². The van der Waals surface area contributed by atoms with Crippen molar-refractivity contribution < 1.29 is 18.7 Å². The van der Waals surface area contributed by atoms with Crippen molar-refractivity contribution in [2.24, 2.45) is 0 Å². The molecule has 0 aliphatic carbocycles. The minimum absolute atomic E-state index is 0.110. The molecule has 4 aromatic rings. The molecule has 0 saturated heterocycles. The molecule has 0 bridgehead atoms. The summed E-state index contributed by atoms with van der Waals surface area (Å²) in [6.07, 6.45) is 1.59. The van der Waals surface area contributed by atoms with Crippen LogP contribution in [0.25, 0.3) is 11.6 Å². The number of thioether (sulfide) groups is 1. The summed E-state index contributed by atoms with van der Waals surface area (Å²) in [5, 5.41) is 12.4. The molecule has 0 saturated carbocycles. The molecule has 2 heterocycles. The maximum absolute atomic E-state index is 12.7. The van der Waals surface area contributed by atoms with Crippen molar-refractivity contribution in [1.82, 2.24) is 14.8 Å². The number of hydrogen-bond donors (Lipinski definition) is 1.